The number of nitrogens with one attached hydrogen (secondary N) is 1. The minimum Gasteiger partial charge on any atom is -0.344 e. The van der Waals surface area contributed by atoms with E-state index in [9.17, 15) is 18.8 Å². The van der Waals surface area contributed by atoms with Crippen LogP contribution in [0.5, 0.6) is 0 Å². The lowest BCUT2D eigenvalue weighted by Crippen LogP contribution is -2.46. The topological polar surface area (TPSA) is 92.5 Å². The normalized spacial score (nSPS) is 9.95. The molecule has 0 saturated heterocycles. The van der Waals surface area contributed by atoms with Gasteiger partial charge < -0.3 is 11.1 Å². The Morgan fingerprint density at radius 1 is 1.25 bits per heavy atom. The minimum absolute atomic E-state index is 0.0157. The molecular formula is C13H16FN3O3. The number of rotatable bonds is 4. The molecule has 0 aliphatic heterocycles. The predicted octanol–water partition coefficient (Wildman–Crippen LogP) is -0.224. The van der Waals surface area contributed by atoms with E-state index < -0.39 is 17.7 Å². The summed E-state index contributed by atoms with van der Waals surface area (Å²) in [6, 6.07) is 5.48. The highest BCUT2D eigenvalue weighted by atomic mass is 19.1. The maximum Gasteiger partial charge on any atom is 0.318 e. The fraction of sp³-hybridized carbons (Fsp3) is 0.308. The molecule has 0 aliphatic rings. The summed E-state index contributed by atoms with van der Waals surface area (Å²) >= 11 is 0. The number of amides is 3. The molecule has 6 nitrogen and oxygen atoms in total. The van der Waals surface area contributed by atoms with E-state index in [0.717, 1.165) is 4.90 Å². The maximum atomic E-state index is 12.7. The summed E-state index contributed by atoms with van der Waals surface area (Å²) in [6.45, 7) is 1.31. The Labute approximate surface area is 115 Å². The van der Waals surface area contributed by atoms with Crippen molar-refractivity contribution in [2.24, 2.45) is 5.73 Å². The molecule has 0 spiro atoms. The molecule has 0 unspecified atom stereocenters. The third kappa shape index (κ3) is 4.43. The molecule has 1 aromatic rings. The molecule has 0 bridgehead atoms. The molecule has 0 atom stereocenters. The van der Waals surface area contributed by atoms with Crippen molar-refractivity contribution in [2.45, 2.75) is 13.5 Å². The molecule has 7 heteroatoms. The lowest BCUT2D eigenvalue weighted by atomic mass is 10.2. The van der Waals surface area contributed by atoms with Crippen LogP contribution in [0.15, 0.2) is 24.3 Å². The van der Waals surface area contributed by atoms with E-state index in [1.54, 1.807) is 0 Å². The number of hydrogen-bond acceptors (Lipinski definition) is 4. The lowest BCUT2D eigenvalue weighted by Gasteiger charge is -2.17. The summed E-state index contributed by atoms with van der Waals surface area (Å²) in [6.07, 6.45) is 0. The van der Waals surface area contributed by atoms with Crippen molar-refractivity contribution >= 4 is 17.7 Å². The lowest BCUT2D eigenvalue weighted by molar-refractivity contribution is -0.151. The van der Waals surface area contributed by atoms with Gasteiger partial charge in [0, 0.05) is 26.6 Å². The van der Waals surface area contributed by atoms with Gasteiger partial charge in [0.25, 0.3) is 0 Å². The van der Waals surface area contributed by atoms with Crippen LogP contribution in [0, 0.1) is 5.82 Å². The second kappa shape index (κ2) is 7.34. The first-order valence-corrected chi connectivity index (χ1v) is 6.00. The molecule has 1 rings (SSSR count). The number of carbonyl (C=O) groups excluding carboxylic acids is 3. The Morgan fingerprint density at radius 2 is 1.85 bits per heavy atom. The van der Waals surface area contributed by atoms with Gasteiger partial charge in [-0.15, -0.1) is 0 Å². The first-order chi connectivity index (χ1) is 9.45. The van der Waals surface area contributed by atoms with E-state index in [1.165, 1.54) is 31.2 Å². The van der Waals surface area contributed by atoms with Crippen molar-refractivity contribution in [3.05, 3.63) is 35.6 Å². The largest absolute Gasteiger partial charge is 0.344 e. The highest BCUT2D eigenvalue weighted by Crippen LogP contribution is 2.02. The Hall–Kier alpha value is -2.28. The first kappa shape index (κ1) is 15.8. The van der Waals surface area contributed by atoms with Gasteiger partial charge in [-0.3, -0.25) is 19.3 Å². The van der Waals surface area contributed by atoms with Gasteiger partial charge in [-0.25, -0.2) is 4.39 Å². The van der Waals surface area contributed by atoms with E-state index in [1.807, 2.05) is 0 Å². The van der Waals surface area contributed by atoms with Crippen LogP contribution in [0.2, 0.25) is 0 Å². The summed E-state index contributed by atoms with van der Waals surface area (Å²) < 4.78 is 12.7. The smallest absolute Gasteiger partial charge is 0.318 e. The predicted molar refractivity (Wildman–Crippen MR) is 69.7 cm³/mol. The van der Waals surface area contributed by atoms with Crippen molar-refractivity contribution in [1.29, 1.82) is 0 Å². The zero-order valence-corrected chi connectivity index (χ0v) is 11.1. The monoisotopic (exact) mass is 281 g/mol. The van der Waals surface area contributed by atoms with Gasteiger partial charge in [0.15, 0.2) is 0 Å². The Morgan fingerprint density at radius 3 is 2.35 bits per heavy atom. The van der Waals surface area contributed by atoms with Gasteiger partial charge in [-0.2, -0.15) is 0 Å². The van der Waals surface area contributed by atoms with Crippen molar-refractivity contribution < 1.29 is 18.8 Å². The van der Waals surface area contributed by atoms with Crippen LogP contribution in [-0.2, 0) is 20.9 Å². The van der Waals surface area contributed by atoms with Crippen molar-refractivity contribution in [3.8, 4) is 0 Å². The van der Waals surface area contributed by atoms with Crippen LogP contribution in [0.1, 0.15) is 12.5 Å². The molecule has 3 N–H and O–H groups in total. The number of carbonyl (C=O) groups is 3. The zero-order chi connectivity index (χ0) is 15.1. The molecule has 3 amide bonds. The molecule has 0 saturated carbocycles. The van der Waals surface area contributed by atoms with Gasteiger partial charge in [-0.1, -0.05) is 12.1 Å². The van der Waals surface area contributed by atoms with Crippen LogP contribution in [-0.4, -0.2) is 35.7 Å². The van der Waals surface area contributed by atoms with Crippen molar-refractivity contribution in [1.82, 2.24) is 10.2 Å². The molecule has 108 valence electrons. The average Bonchev–Trinajstić information content (AvgIpc) is 2.42. The van der Waals surface area contributed by atoms with Crippen molar-refractivity contribution in [3.63, 3.8) is 0 Å². The van der Waals surface area contributed by atoms with Crippen LogP contribution in [0.4, 0.5) is 4.39 Å². The SMILES string of the molecule is CC(=O)N(CCN)C(=O)C(=O)NCc1ccc(F)cc1. The summed E-state index contributed by atoms with van der Waals surface area (Å²) in [4.78, 5) is 35.4. The Balaban J connectivity index is 2.59. The number of nitrogens with zero attached hydrogens (tertiary/aromatic N) is 1. The fourth-order valence-corrected chi connectivity index (χ4v) is 1.51. The van der Waals surface area contributed by atoms with E-state index in [2.05, 4.69) is 5.32 Å². The quantitative estimate of drug-likeness (QED) is 0.746. The van der Waals surface area contributed by atoms with Crippen LogP contribution < -0.4 is 11.1 Å². The van der Waals surface area contributed by atoms with Gasteiger partial charge in [0.05, 0.1) is 0 Å². The van der Waals surface area contributed by atoms with Gasteiger partial charge in [-0.05, 0) is 17.7 Å². The van der Waals surface area contributed by atoms with Crippen LogP contribution >= 0.6 is 0 Å². The summed E-state index contributed by atoms with van der Waals surface area (Å²) in [5.41, 5.74) is 5.91. The molecule has 0 aliphatic carbocycles. The molecular weight excluding hydrogens is 265 g/mol. The van der Waals surface area contributed by atoms with Crippen LogP contribution in [0.3, 0.4) is 0 Å². The van der Waals surface area contributed by atoms with E-state index in [4.69, 9.17) is 5.73 Å². The second-order valence-electron chi connectivity index (χ2n) is 4.07. The van der Waals surface area contributed by atoms with Gasteiger partial charge >= 0.3 is 11.8 Å². The number of hydrogen-bond donors (Lipinski definition) is 2. The second-order valence-corrected chi connectivity index (χ2v) is 4.07. The van der Waals surface area contributed by atoms with Gasteiger partial charge in [0.2, 0.25) is 5.91 Å². The first-order valence-electron chi connectivity index (χ1n) is 6.00. The molecule has 0 radical (unpaired) electrons. The third-order valence-corrected chi connectivity index (χ3v) is 2.54. The van der Waals surface area contributed by atoms with Crippen molar-refractivity contribution in [2.75, 3.05) is 13.1 Å². The fourth-order valence-electron chi connectivity index (χ4n) is 1.51. The highest BCUT2D eigenvalue weighted by molar-refractivity contribution is 6.37. The van der Waals surface area contributed by atoms with Crippen LogP contribution in [0.25, 0.3) is 0 Å². The number of halogens is 1. The number of nitrogens with two attached hydrogens (primary N) is 1. The summed E-state index contributed by atoms with van der Waals surface area (Å²) in [5.74, 6) is -2.79. The minimum atomic E-state index is -0.954. The molecule has 0 heterocycles. The number of benzene rings is 1. The van der Waals surface area contributed by atoms with E-state index in [0.29, 0.717) is 5.56 Å². The zero-order valence-electron chi connectivity index (χ0n) is 11.1. The van der Waals surface area contributed by atoms with E-state index in [-0.39, 0.29) is 25.5 Å². The third-order valence-electron chi connectivity index (χ3n) is 2.54. The Bertz CT molecular complexity index is 502. The molecule has 20 heavy (non-hydrogen) atoms. The number of imide groups is 1. The summed E-state index contributed by atoms with van der Waals surface area (Å²) in [7, 11) is 0. The Kier molecular flexibility index (Phi) is 5.79. The molecule has 1 aromatic carbocycles. The average molecular weight is 281 g/mol. The van der Waals surface area contributed by atoms with E-state index >= 15 is 0 Å². The highest BCUT2D eigenvalue weighted by Gasteiger charge is 2.23. The molecule has 0 fully saturated rings. The molecule has 0 aromatic heterocycles. The standard InChI is InChI=1S/C13H16FN3O3/c1-9(18)17(7-6-15)13(20)12(19)16-8-10-2-4-11(14)5-3-10/h2-5H,6-8,15H2,1H3,(H,16,19). The summed E-state index contributed by atoms with van der Waals surface area (Å²) in [5, 5.41) is 2.37. The maximum absolute atomic E-state index is 12.7. The van der Waals surface area contributed by atoms with Gasteiger partial charge in [0.1, 0.15) is 5.82 Å².